The summed E-state index contributed by atoms with van der Waals surface area (Å²) < 4.78 is 19.3. The maximum Gasteiger partial charge on any atom is 0.256 e. The lowest BCUT2D eigenvalue weighted by Gasteiger charge is -2.51. The minimum atomic E-state index is -0.562. The SMILES string of the molecule is CCCN1CCC2(CC1)CCN(C(=O)c1ccc(OC)cc1F)CC2CO. The first kappa shape index (κ1) is 20.1. The van der Waals surface area contributed by atoms with Crippen LogP contribution in [0.1, 0.15) is 43.0 Å². The highest BCUT2D eigenvalue weighted by atomic mass is 19.1. The number of aliphatic hydroxyl groups is 1. The highest BCUT2D eigenvalue weighted by Gasteiger charge is 2.45. The van der Waals surface area contributed by atoms with Crippen molar-refractivity contribution in [2.45, 2.75) is 32.6 Å². The molecule has 2 fully saturated rings. The zero-order valence-corrected chi connectivity index (χ0v) is 16.4. The van der Waals surface area contributed by atoms with Crippen LogP contribution in [0.4, 0.5) is 4.39 Å². The third-order valence-corrected chi connectivity index (χ3v) is 6.49. The van der Waals surface area contributed by atoms with Gasteiger partial charge in [-0.3, -0.25) is 4.79 Å². The minimum Gasteiger partial charge on any atom is -0.497 e. The van der Waals surface area contributed by atoms with Crippen molar-refractivity contribution in [1.82, 2.24) is 9.80 Å². The molecule has 2 aliphatic heterocycles. The lowest BCUT2D eigenvalue weighted by Crippen LogP contribution is -2.54. The van der Waals surface area contributed by atoms with Gasteiger partial charge in [-0.2, -0.15) is 0 Å². The van der Waals surface area contributed by atoms with E-state index in [9.17, 15) is 14.3 Å². The molecule has 3 rings (SSSR count). The van der Waals surface area contributed by atoms with Crippen LogP contribution in [-0.4, -0.2) is 67.3 Å². The van der Waals surface area contributed by atoms with Crippen LogP contribution in [-0.2, 0) is 0 Å². The predicted molar refractivity (Wildman–Crippen MR) is 102 cm³/mol. The molecule has 0 bridgehead atoms. The van der Waals surface area contributed by atoms with Gasteiger partial charge in [0.2, 0.25) is 0 Å². The standard InChI is InChI=1S/C21H31FN2O3/c1-3-9-23-10-6-21(7-11-23)8-12-24(14-16(21)15-25)20(26)18-5-4-17(27-2)13-19(18)22/h4-5,13,16,25H,3,6-12,14-15H2,1-2H3. The average molecular weight is 378 g/mol. The van der Waals surface area contributed by atoms with Gasteiger partial charge in [0.15, 0.2) is 0 Å². The smallest absolute Gasteiger partial charge is 0.256 e. The van der Waals surface area contributed by atoms with E-state index in [1.165, 1.54) is 19.2 Å². The van der Waals surface area contributed by atoms with E-state index in [2.05, 4.69) is 11.8 Å². The fourth-order valence-corrected chi connectivity index (χ4v) is 4.71. The minimum absolute atomic E-state index is 0.0558. The van der Waals surface area contributed by atoms with Crippen molar-refractivity contribution in [1.29, 1.82) is 0 Å². The number of carbonyl (C=O) groups is 1. The Morgan fingerprint density at radius 3 is 2.59 bits per heavy atom. The molecule has 0 aromatic heterocycles. The van der Waals surface area contributed by atoms with Gasteiger partial charge in [0.05, 0.1) is 12.7 Å². The van der Waals surface area contributed by atoms with E-state index in [0.29, 0.717) is 18.8 Å². The summed E-state index contributed by atoms with van der Waals surface area (Å²) in [5.41, 5.74) is 0.176. The van der Waals surface area contributed by atoms with Crippen molar-refractivity contribution in [2.75, 3.05) is 46.4 Å². The molecule has 0 aliphatic carbocycles. The normalized spacial score (nSPS) is 22.8. The lowest BCUT2D eigenvalue weighted by molar-refractivity contribution is -0.0351. The highest BCUT2D eigenvalue weighted by molar-refractivity contribution is 5.94. The van der Waals surface area contributed by atoms with Gasteiger partial charge >= 0.3 is 0 Å². The largest absolute Gasteiger partial charge is 0.497 e. The van der Waals surface area contributed by atoms with Gasteiger partial charge in [-0.1, -0.05) is 6.92 Å². The molecule has 1 unspecified atom stereocenters. The molecule has 2 saturated heterocycles. The van der Waals surface area contributed by atoms with Crippen molar-refractivity contribution < 1.29 is 19.0 Å². The molecule has 1 atom stereocenters. The van der Waals surface area contributed by atoms with Crippen molar-refractivity contribution in [3.05, 3.63) is 29.6 Å². The monoisotopic (exact) mass is 378 g/mol. The van der Waals surface area contributed by atoms with Gasteiger partial charge in [-0.25, -0.2) is 4.39 Å². The molecular formula is C21H31FN2O3. The summed E-state index contributed by atoms with van der Waals surface area (Å²) in [4.78, 5) is 17.0. The maximum atomic E-state index is 14.3. The molecule has 6 heteroatoms. The third-order valence-electron chi connectivity index (χ3n) is 6.49. The number of aliphatic hydroxyl groups excluding tert-OH is 1. The van der Waals surface area contributed by atoms with E-state index in [1.807, 2.05) is 0 Å². The number of benzene rings is 1. The number of hydrogen-bond donors (Lipinski definition) is 1. The van der Waals surface area contributed by atoms with Gasteiger partial charge in [-0.05, 0) is 62.9 Å². The molecular weight excluding hydrogens is 347 g/mol. The molecule has 5 nitrogen and oxygen atoms in total. The molecule has 0 saturated carbocycles. The van der Waals surface area contributed by atoms with E-state index in [4.69, 9.17) is 4.74 Å². The summed E-state index contributed by atoms with van der Waals surface area (Å²) in [5, 5.41) is 10.0. The van der Waals surface area contributed by atoms with E-state index in [-0.39, 0.29) is 29.4 Å². The summed E-state index contributed by atoms with van der Waals surface area (Å²) in [6.45, 7) is 6.63. The second-order valence-electron chi connectivity index (χ2n) is 7.93. The fourth-order valence-electron chi connectivity index (χ4n) is 4.71. The second-order valence-corrected chi connectivity index (χ2v) is 7.93. The molecule has 2 aliphatic rings. The van der Waals surface area contributed by atoms with Crippen molar-refractivity contribution >= 4 is 5.91 Å². The molecule has 27 heavy (non-hydrogen) atoms. The van der Waals surface area contributed by atoms with Gasteiger partial charge in [-0.15, -0.1) is 0 Å². The summed E-state index contributed by atoms with van der Waals surface area (Å²) in [7, 11) is 1.47. The Kier molecular flexibility index (Phi) is 6.37. The number of nitrogens with zero attached hydrogens (tertiary/aromatic N) is 2. The molecule has 1 aromatic carbocycles. The van der Waals surface area contributed by atoms with Crippen LogP contribution in [0.5, 0.6) is 5.75 Å². The van der Waals surface area contributed by atoms with E-state index < -0.39 is 5.82 Å². The predicted octanol–water partition coefficient (Wildman–Crippen LogP) is 2.78. The average Bonchev–Trinajstić information content (AvgIpc) is 2.69. The number of carbonyl (C=O) groups excluding carboxylic acids is 1. The van der Waals surface area contributed by atoms with Crippen molar-refractivity contribution in [2.24, 2.45) is 11.3 Å². The Balaban J connectivity index is 1.68. The van der Waals surface area contributed by atoms with E-state index >= 15 is 0 Å². The van der Waals surface area contributed by atoms with Gasteiger partial charge < -0.3 is 19.6 Å². The quantitative estimate of drug-likeness (QED) is 0.856. The first-order chi connectivity index (χ1) is 13.0. The second kappa shape index (κ2) is 8.57. The van der Waals surface area contributed by atoms with Crippen molar-refractivity contribution in [3.63, 3.8) is 0 Å². The number of piperidine rings is 2. The zero-order valence-electron chi connectivity index (χ0n) is 16.4. The Hall–Kier alpha value is -1.66. The van der Waals surface area contributed by atoms with Crippen molar-refractivity contribution in [3.8, 4) is 5.75 Å². The van der Waals surface area contributed by atoms with E-state index in [1.54, 1.807) is 11.0 Å². The van der Waals surface area contributed by atoms with Crippen LogP contribution in [0.2, 0.25) is 0 Å². The summed E-state index contributed by atoms with van der Waals surface area (Å²) >= 11 is 0. The van der Waals surface area contributed by atoms with Crippen LogP contribution in [0.25, 0.3) is 0 Å². The number of amides is 1. The number of likely N-dealkylation sites (tertiary alicyclic amines) is 2. The highest BCUT2D eigenvalue weighted by Crippen LogP contribution is 2.45. The molecule has 1 amide bonds. The lowest BCUT2D eigenvalue weighted by atomic mass is 9.64. The fraction of sp³-hybridized carbons (Fsp3) is 0.667. The van der Waals surface area contributed by atoms with E-state index in [0.717, 1.165) is 45.3 Å². The van der Waals surface area contributed by atoms with Crippen LogP contribution < -0.4 is 4.74 Å². The third kappa shape index (κ3) is 4.11. The van der Waals surface area contributed by atoms with Crippen LogP contribution in [0.3, 0.4) is 0 Å². The Morgan fingerprint density at radius 2 is 2.00 bits per heavy atom. The molecule has 0 radical (unpaired) electrons. The number of methoxy groups -OCH3 is 1. The van der Waals surface area contributed by atoms with Gasteiger partial charge in [0.1, 0.15) is 11.6 Å². The van der Waals surface area contributed by atoms with Crippen LogP contribution in [0, 0.1) is 17.2 Å². The molecule has 1 aromatic rings. The zero-order chi connectivity index (χ0) is 19.4. The maximum absolute atomic E-state index is 14.3. The molecule has 150 valence electrons. The summed E-state index contributed by atoms with van der Waals surface area (Å²) in [6, 6.07) is 4.33. The topological polar surface area (TPSA) is 53.0 Å². The number of rotatable bonds is 5. The van der Waals surface area contributed by atoms with Gasteiger partial charge in [0, 0.05) is 31.7 Å². The Bertz CT molecular complexity index is 659. The Morgan fingerprint density at radius 1 is 1.30 bits per heavy atom. The number of ether oxygens (including phenoxy) is 1. The number of halogens is 1. The molecule has 2 heterocycles. The summed E-state index contributed by atoms with van der Waals surface area (Å²) in [5.74, 6) is -0.408. The summed E-state index contributed by atoms with van der Waals surface area (Å²) in [6.07, 6.45) is 4.17. The first-order valence-electron chi connectivity index (χ1n) is 9.99. The van der Waals surface area contributed by atoms with Crippen LogP contribution in [0.15, 0.2) is 18.2 Å². The number of hydrogen-bond acceptors (Lipinski definition) is 4. The first-order valence-corrected chi connectivity index (χ1v) is 9.99. The van der Waals surface area contributed by atoms with Crippen LogP contribution >= 0.6 is 0 Å². The van der Waals surface area contributed by atoms with Gasteiger partial charge in [0.25, 0.3) is 5.91 Å². The molecule has 1 N–H and O–H groups in total. The molecule has 1 spiro atoms. The Labute approximate surface area is 161 Å².